The maximum absolute atomic E-state index is 12.2. The number of benzene rings is 1. The van der Waals surface area contributed by atoms with Gasteiger partial charge >= 0.3 is 0 Å². The fourth-order valence-corrected chi connectivity index (χ4v) is 4.01. The van der Waals surface area contributed by atoms with Gasteiger partial charge in [0.25, 0.3) is 0 Å². The van der Waals surface area contributed by atoms with Gasteiger partial charge in [0.1, 0.15) is 0 Å². The lowest BCUT2D eigenvalue weighted by molar-refractivity contribution is -0.135. The maximum Gasteiger partial charge on any atom is 0.225 e. The monoisotopic (exact) mass is 552 g/mol. The molecule has 0 atom stereocenters. The molecule has 7 nitrogen and oxygen atoms in total. The Kier molecular flexibility index (Phi) is 9.99. The number of halogens is 1. The topological polar surface area (TPSA) is 74.6 Å². The number of carbonyl (C=O) groups is 1. The summed E-state index contributed by atoms with van der Waals surface area (Å²) in [5.74, 6) is 1.13. The van der Waals surface area contributed by atoms with Crippen LogP contribution in [0.15, 0.2) is 35.3 Å². The highest BCUT2D eigenvalue weighted by atomic mass is 127. The zero-order valence-electron chi connectivity index (χ0n) is 19.9. The first-order chi connectivity index (χ1) is 14.9. The molecule has 176 valence electrons. The van der Waals surface area contributed by atoms with Gasteiger partial charge in [-0.3, -0.25) is 4.79 Å². The zero-order chi connectivity index (χ0) is 22.4. The minimum Gasteiger partial charge on any atom is -0.357 e. The smallest absolute Gasteiger partial charge is 0.225 e. The number of amides is 1. The van der Waals surface area contributed by atoms with Gasteiger partial charge in [0.05, 0.1) is 17.9 Å². The minimum atomic E-state index is 0. The average Bonchev–Trinajstić information content (AvgIpc) is 3.10. The number of carbonyl (C=O) groups excluding carboxylic acids is 1. The molecule has 1 saturated heterocycles. The predicted octanol–water partition coefficient (Wildman–Crippen LogP) is 3.81. The lowest BCUT2D eigenvalue weighted by Crippen LogP contribution is -2.50. The van der Waals surface area contributed by atoms with Crippen LogP contribution in [0.3, 0.4) is 0 Å². The summed E-state index contributed by atoms with van der Waals surface area (Å²) >= 11 is 0. The largest absolute Gasteiger partial charge is 0.357 e. The van der Waals surface area contributed by atoms with Crippen LogP contribution in [-0.4, -0.2) is 52.2 Å². The Bertz CT molecular complexity index is 915. The highest BCUT2D eigenvalue weighted by Gasteiger charge is 2.24. The Morgan fingerprint density at radius 2 is 1.91 bits per heavy atom. The summed E-state index contributed by atoms with van der Waals surface area (Å²) in [6.07, 6.45) is 1.87. The van der Waals surface area contributed by atoms with E-state index >= 15 is 0 Å². The van der Waals surface area contributed by atoms with Gasteiger partial charge in [0, 0.05) is 37.3 Å². The highest BCUT2D eigenvalue weighted by molar-refractivity contribution is 14.0. The molecule has 32 heavy (non-hydrogen) atoms. The average molecular weight is 553 g/mol. The van der Waals surface area contributed by atoms with E-state index in [2.05, 4.69) is 47.8 Å². The van der Waals surface area contributed by atoms with Crippen molar-refractivity contribution in [3.63, 3.8) is 0 Å². The predicted molar refractivity (Wildman–Crippen MR) is 141 cm³/mol. The third kappa shape index (κ3) is 6.70. The summed E-state index contributed by atoms with van der Waals surface area (Å²) in [6, 6.07) is 10.7. The third-order valence-electron chi connectivity index (χ3n) is 5.62. The van der Waals surface area contributed by atoms with Crippen molar-refractivity contribution in [2.24, 2.45) is 10.9 Å². The second-order valence-electron chi connectivity index (χ2n) is 8.56. The summed E-state index contributed by atoms with van der Waals surface area (Å²) in [4.78, 5) is 19.1. The molecule has 2 N–H and O–H groups in total. The van der Waals surface area contributed by atoms with Crippen molar-refractivity contribution in [2.45, 2.75) is 60.0 Å². The van der Waals surface area contributed by atoms with Crippen LogP contribution < -0.4 is 10.6 Å². The lowest BCUT2D eigenvalue weighted by Gasteiger charge is -2.34. The van der Waals surface area contributed by atoms with Crippen molar-refractivity contribution in [2.75, 3.05) is 19.6 Å². The van der Waals surface area contributed by atoms with Gasteiger partial charge in [-0.25, -0.2) is 9.67 Å². The van der Waals surface area contributed by atoms with Gasteiger partial charge in [-0.05, 0) is 51.3 Å². The Labute approximate surface area is 209 Å². The van der Waals surface area contributed by atoms with E-state index in [4.69, 9.17) is 4.99 Å². The van der Waals surface area contributed by atoms with Crippen molar-refractivity contribution >= 4 is 35.8 Å². The Morgan fingerprint density at radius 3 is 2.50 bits per heavy atom. The fourth-order valence-electron chi connectivity index (χ4n) is 4.01. The molecule has 2 aromatic rings. The zero-order valence-corrected chi connectivity index (χ0v) is 22.2. The molecule has 0 unspecified atom stereocenters. The van der Waals surface area contributed by atoms with E-state index in [1.165, 1.54) is 0 Å². The van der Waals surface area contributed by atoms with E-state index in [9.17, 15) is 4.79 Å². The van der Waals surface area contributed by atoms with E-state index < -0.39 is 0 Å². The normalized spacial score (nSPS) is 14.9. The van der Waals surface area contributed by atoms with E-state index in [0.717, 1.165) is 61.1 Å². The van der Waals surface area contributed by atoms with Gasteiger partial charge in [0.2, 0.25) is 5.91 Å². The lowest BCUT2D eigenvalue weighted by atomic mass is 10.0. The van der Waals surface area contributed by atoms with Gasteiger partial charge in [0.15, 0.2) is 5.96 Å². The molecule has 0 spiro atoms. The molecule has 0 radical (unpaired) electrons. The first kappa shape index (κ1) is 26.2. The number of rotatable bonds is 6. The number of aromatic nitrogens is 2. The second kappa shape index (κ2) is 12.2. The molecule has 1 fully saturated rings. The molecular weight excluding hydrogens is 515 g/mol. The van der Waals surface area contributed by atoms with E-state index in [1.54, 1.807) is 0 Å². The first-order valence-electron chi connectivity index (χ1n) is 11.3. The summed E-state index contributed by atoms with van der Waals surface area (Å²) in [5.41, 5.74) is 4.31. The summed E-state index contributed by atoms with van der Waals surface area (Å²) in [7, 11) is 0. The van der Waals surface area contributed by atoms with Crippen LogP contribution in [-0.2, 0) is 11.3 Å². The second-order valence-corrected chi connectivity index (χ2v) is 8.56. The Hall–Kier alpha value is -2.10. The molecule has 1 amide bonds. The van der Waals surface area contributed by atoms with Crippen molar-refractivity contribution in [1.29, 1.82) is 0 Å². The molecule has 2 heterocycles. The minimum absolute atomic E-state index is 0. The van der Waals surface area contributed by atoms with Crippen LogP contribution >= 0.6 is 24.0 Å². The molecule has 0 aliphatic carbocycles. The number of hydrogen-bond donors (Lipinski definition) is 2. The van der Waals surface area contributed by atoms with Crippen LogP contribution in [0.25, 0.3) is 5.69 Å². The number of hydrogen-bond acceptors (Lipinski definition) is 3. The Morgan fingerprint density at radius 1 is 1.22 bits per heavy atom. The summed E-state index contributed by atoms with van der Waals surface area (Å²) in [5, 5.41) is 11.6. The van der Waals surface area contributed by atoms with Crippen LogP contribution in [0, 0.1) is 19.8 Å². The molecule has 1 aromatic carbocycles. The van der Waals surface area contributed by atoms with Gasteiger partial charge in [-0.2, -0.15) is 5.10 Å². The molecule has 0 bridgehead atoms. The van der Waals surface area contributed by atoms with E-state index in [-0.39, 0.29) is 35.8 Å². The first-order valence-corrected chi connectivity index (χ1v) is 11.3. The maximum atomic E-state index is 12.2. The summed E-state index contributed by atoms with van der Waals surface area (Å²) in [6.45, 7) is 13.1. The van der Waals surface area contributed by atoms with Crippen LogP contribution in [0.1, 0.15) is 50.6 Å². The van der Waals surface area contributed by atoms with Gasteiger partial charge < -0.3 is 15.5 Å². The highest BCUT2D eigenvalue weighted by Crippen LogP contribution is 2.18. The third-order valence-corrected chi connectivity index (χ3v) is 5.62. The van der Waals surface area contributed by atoms with Crippen LogP contribution in [0.4, 0.5) is 0 Å². The van der Waals surface area contributed by atoms with E-state index in [0.29, 0.717) is 12.6 Å². The Balaban J connectivity index is 0.00000363. The van der Waals surface area contributed by atoms with Gasteiger partial charge in [-0.15, -0.1) is 24.0 Å². The molecule has 1 aliphatic rings. The van der Waals surface area contributed by atoms with Gasteiger partial charge in [-0.1, -0.05) is 32.0 Å². The SMILES string of the molecule is CCNC(=NCc1ccccc1-n1nc(C)cc1C)NC1CCN(C(=O)C(C)C)CC1.I. The number of likely N-dealkylation sites (tertiary alicyclic amines) is 1. The molecule has 1 aromatic heterocycles. The number of para-hydroxylation sites is 1. The number of nitrogens with zero attached hydrogens (tertiary/aromatic N) is 4. The summed E-state index contributed by atoms with van der Waals surface area (Å²) < 4.78 is 1.99. The molecular formula is C24H37IN6O. The molecule has 8 heteroatoms. The van der Waals surface area contributed by atoms with Crippen molar-refractivity contribution in [3.8, 4) is 5.69 Å². The fraction of sp³-hybridized carbons (Fsp3) is 0.542. The van der Waals surface area contributed by atoms with E-state index in [1.807, 2.05) is 42.5 Å². The number of aryl methyl sites for hydroxylation is 2. The number of nitrogens with one attached hydrogen (secondary N) is 2. The number of guanidine groups is 1. The molecule has 3 rings (SSSR count). The molecule has 0 saturated carbocycles. The van der Waals surface area contributed by atoms with Crippen molar-refractivity contribution in [3.05, 3.63) is 47.3 Å². The van der Waals surface area contributed by atoms with Crippen LogP contribution in [0.2, 0.25) is 0 Å². The standard InChI is InChI=1S/C24H36N6O.HI/c1-6-25-24(27-21-11-13-29(14-12-21)23(31)17(2)3)26-16-20-9-7-8-10-22(20)30-19(5)15-18(4)28-30;/h7-10,15,17,21H,6,11-14,16H2,1-5H3,(H2,25,26,27);1H. The molecule has 1 aliphatic heterocycles. The van der Waals surface area contributed by atoms with Crippen LogP contribution in [0.5, 0.6) is 0 Å². The number of aliphatic imine (C=N–C) groups is 1. The van der Waals surface area contributed by atoms with Crippen molar-refractivity contribution < 1.29 is 4.79 Å². The van der Waals surface area contributed by atoms with Crippen molar-refractivity contribution in [1.82, 2.24) is 25.3 Å². The number of piperidine rings is 1. The quantitative estimate of drug-likeness (QED) is 0.325.